The van der Waals surface area contributed by atoms with E-state index in [1.54, 1.807) is 72.8 Å². The lowest BCUT2D eigenvalue weighted by Crippen LogP contribution is -2.26. The number of hydrogen-bond donors (Lipinski definition) is 0. The number of carbonyl (C=O) groups excluding carboxylic acids is 1. The van der Waals surface area contributed by atoms with Crippen molar-refractivity contribution in [2.75, 3.05) is 0 Å². The maximum absolute atomic E-state index is 12.4. The zero-order valence-electron chi connectivity index (χ0n) is 88.7. The Hall–Kier alpha value is -15.8. The number of rotatable bonds is 4. The fraction of sp³-hybridized carbons (Fsp3) is 0.200. The standard InChI is InChI=1S/C29H21N.C15H14O.2C14H12O2S.C14H14O2S.C14H12S.C12H12N2.C12H15N.C6H9N3/c1-17-5-9-21-22-10-6-18(2)14-26(22)29(25(21)13-17)27-15-19(3)7-11-23(27)24-12-8-20(30-4)16-28(24)29;1-11-3-7-13(8-4-11)15(16)14-9-5-12(2)6-10-14;1-9-3-5-13-11(7-9)12-8-10(2)4-6-14(12)17(13,15)16;1-9-3-5-11-12-6-4-10(2)8-14(12)17(15,16)13(11)7-9;1-11-3-7-13(8-4-11)17(15,16)14-9-5-12(2)6-10-14;1-9-3-5-13-11(7-9)12-8-10(2)4-6-14(12)15-13;1-7-8(2)11(6-13)10(4)12(14-5)9(7)3;1-7-8(2)10(4)12(13-6)11(5)9(7)3;1-4-7-5(2)9-6(3)8-4/h5-16H,1-3H3;3-10H,1-2H3;2*3-8H,1-2H3;3-10H,1-2H3;3-8H,1-2H3;1-4H3;1-5H3;1-3H3. The first-order chi connectivity index (χ1) is 70.2. The second-order valence-corrected chi connectivity index (χ2v) is 45.9. The number of aromatic nitrogens is 3. The number of carbonyl (C=O) groups is 1. The zero-order valence-corrected chi connectivity index (χ0v) is 91.9. The lowest BCUT2D eigenvalue weighted by atomic mass is 9.70. The van der Waals surface area contributed by atoms with Gasteiger partial charge < -0.3 is 0 Å². The van der Waals surface area contributed by atoms with Crippen molar-refractivity contribution in [1.82, 2.24) is 15.0 Å². The molecule has 0 bridgehead atoms. The lowest BCUT2D eigenvalue weighted by molar-refractivity contribution is 0.103. The Morgan fingerprint density at radius 1 is 0.291 bits per heavy atom. The van der Waals surface area contributed by atoms with Crippen LogP contribution in [0.4, 0.5) is 17.1 Å². The van der Waals surface area contributed by atoms with Gasteiger partial charge in [-0.05, 0) is 335 Å². The number of nitriles is 1. The summed E-state index contributed by atoms with van der Waals surface area (Å²) in [6, 6.07) is 93.6. The average Bonchev–Trinajstić information content (AvgIpc) is 1.50. The molecule has 0 unspecified atom stereocenters. The molecule has 2 aromatic heterocycles. The van der Waals surface area contributed by atoms with Gasteiger partial charge in [-0.1, -0.05) is 284 Å². The maximum atomic E-state index is 12.4. The normalized spacial score (nSPS) is 12.3. The molecule has 16 aromatic carbocycles. The van der Waals surface area contributed by atoms with Crippen LogP contribution in [0, 0.1) is 204 Å². The highest BCUT2D eigenvalue weighted by Crippen LogP contribution is 2.64. The van der Waals surface area contributed by atoms with E-state index in [0.717, 1.165) is 123 Å². The van der Waals surface area contributed by atoms with Crippen LogP contribution in [-0.2, 0) is 34.9 Å². The molecule has 14 nitrogen and oxygen atoms in total. The van der Waals surface area contributed by atoms with E-state index in [2.05, 4.69) is 194 Å². The zero-order chi connectivity index (χ0) is 107. The number of nitrogens with zero attached hydrogens (tertiary/aromatic N) is 7. The van der Waals surface area contributed by atoms with Gasteiger partial charge in [-0.2, -0.15) is 5.26 Å². The van der Waals surface area contributed by atoms with E-state index >= 15 is 0 Å². The van der Waals surface area contributed by atoms with Crippen molar-refractivity contribution in [3.05, 3.63) is 492 Å². The van der Waals surface area contributed by atoms with Gasteiger partial charge in [-0.3, -0.25) is 4.79 Å². The van der Waals surface area contributed by atoms with E-state index in [4.69, 9.17) is 25.0 Å². The molecular weight excluding hydrogens is 1900 g/mol. The minimum Gasteiger partial charge on any atom is -0.289 e. The van der Waals surface area contributed by atoms with Gasteiger partial charge in [0.25, 0.3) is 0 Å². The van der Waals surface area contributed by atoms with Gasteiger partial charge in [-0.15, -0.1) is 11.3 Å². The largest absolute Gasteiger partial charge is 0.289 e. The summed E-state index contributed by atoms with van der Waals surface area (Å²) in [5, 5.41) is 11.8. The van der Waals surface area contributed by atoms with Crippen molar-refractivity contribution < 1.29 is 30.0 Å². The molecule has 4 aliphatic rings. The highest BCUT2D eigenvalue weighted by atomic mass is 32.2. The Morgan fingerprint density at radius 2 is 0.568 bits per heavy atom. The molecule has 148 heavy (non-hydrogen) atoms. The van der Waals surface area contributed by atoms with Crippen LogP contribution in [0.25, 0.3) is 79.2 Å². The first-order valence-electron chi connectivity index (χ1n) is 48.9. The highest BCUT2D eigenvalue weighted by Gasteiger charge is 2.52. The molecule has 0 saturated carbocycles. The van der Waals surface area contributed by atoms with E-state index in [-0.39, 0.29) is 11.2 Å². The molecule has 0 fully saturated rings. The Balaban J connectivity index is 0.000000134. The molecule has 0 amide bonds. The molecule has 2 aliphatic heterocycles. The summed E-state index contributed by atoms with van der Waals surface area (Å²) in [5.41, 5.74) is 42.7. The predicted octanol–water partition coefficient (Wildman–Crippen LogP) is 33.0. The molecule has 0 saturated heterocycles. The summed E-state index contributed by atoms with van der Waals surface area (Å²) in [7, 11) is -9.98. The topological polar surface area (TPSA) is 195 Å². The molecule has 18 heteroatoms. The molecule has 4 heterocycles. The van der Waals surface area contributed by atoms with Gasteiger partial charge in [-0.25, -0.2) is 54.7 Å². The third-order valence-corrected chi connectivity index (χ3v) is 34.7. The van der Waals surface area contributed by atoms with Crippen LogP contribution in [0.15, 0.2) is 308 Å². The van der Waals surface area contributed by atoms with Crippen molar-refractivity contribution in [2.45, 2.75) is 208 Å². The summed E-state index contributed by atoms with van der Waals surface area (Å²) in [6.07, 6.45) is 0. The third-order valence-electron chi connectivity index (χ3n) is 28.1. The molecular formula is C130H121N7O7S4. The van der Waals surface area contributed by atoms with Crippen molar-refractivity contribution in [3.63, 3.8) is 0 Å². The van der Waals surface area contributed by atoms with Gasteiger partial charge >= 0.3 is 0 Å². The summed E-state index contributed by atoms with van der Waals surface area (Å²) >= 11 is 1.88. The molecule has 22 rings (SSSR count). The monoisotopic (exact) mass is 2020 g/mol. The van der Waals surface area contributed by atoms with Crippen LogP contribution in [0.1, 0.15) is 184 Å². The van der Waals surface area contributed by atoms with E-state index in [1.807, 2.05) is 232 Å². The van der Waals surface area contributed by atoms with E-state index in [1.165, 1.54) is 120 Å². The number of fused-ring (bicyclic) bond motifs is 19. The van der Waals surface area contributed by atoms with Crippen molar-refractivity contribution in [2.24, 2.45) is 0 Å². The Kier molecular flexibility index (Phi) is 32.3. The molecule has 0 atom stereocenters. The maximum Gasteiger partial charge on any atom is 0.207 e. The number of hydrogen-bond acceptors (Lipinski definition) is 12. The number of sulfone groups is 3. The van der Waals surface area contributed by atoms with Crippen molar-refractivity contribution in [1.29, 1.82) is 5.26 Å². The van der Waals surface area contributed by atoms with Crippen molar-refractivity contribution >= 4 is 83.9 Å². The molecule has 0 radical (unpaired) electrons. The molecule has 18 aromatic rings. The predicted molar refractivity (Wildman–Crippen MR) is 606 cm³/mol. The van der Waals surface area contributed by atoms with Crippen LogP contribution < -0.4 is 0 Å². The summed E-state index contributed by atoms with van der Waals surface area (Å²) in [6.45, 7) is 71.9. The second kappa shape index (κ2) is 44.3. The quantitative estimate of drug-likeness (QED) is 0.120. The summed E-state index contributed by atoms with van der Waals surface area (Å²) < 4.78 is 76.6. The first-order valence-corrected chi connectivity index (χ1v) is 54.2. The van der Waals surface area contributed by atoms with E-state index in [0.29, 0.717) is 46.3 Å². The van der Waals surface area contributed by atoms with Gasteiger partial charge in [0.05, 0.1) is 60.6 Å². The molecule has 2 aliphatic carbocycles. The smallest absolute Gasteiger partial charge is 0.207 e. The number of ketones is 1. The van der Waals surface area contributed by atoms with E-state index in [9.17, 15) is 30.0 Å². The molecule has 742 valence electrons. The number of thiophene rings is 1. The SMILES string of the molecule is Cc1ccc(C(=O)c2ccc(C)cc2)cc1.Cc1ccc(S(=O)(=O)c2ccc(C)cc2)cc1.Cc1ccc2c(c1)-c1cc(C)ccc1S2(=O)=O.Cc1ccc2c(c1)S(=O)(=O)c1cc(C)ccc1-2.Cc1ccc2sc3ccc(C)cc3c2c1.Cc1nc(C)nc(C)n1.[C-]#[N+]c1c(C)c(C)c(C)c(C#N)c1C.[C-]#[N+]c1c(C)c(C)c(C)c(C)c1C.[C-]#[N+]c1ccc2c(c1)C1(c3cc(C)ccc3-c3ccc(C)cc31)c1cc(C)ccc1-2. The summed E-state index contributed by atoms with van der Waals surface area (Å²) in [4.78, 5) is 37.4. The van der Waals surface area contributed by atoms with Gasteiger partial charge in [0.15, 0.2) is 22.8 Å². The molecule has 0 N–H and O–H groups in total. The van der Waals surface area contributed by atoms with Gasteiger partial charge in [0.2, 0.25) is 29.5 Å². The Bertz CT molecular complexity index is 8440. The molecule has 1 spiro atoms. The van der Waals surface area contributed by atoms with Gasteiger partial charge in [0.1, 0.15) is 17.5 Å². The lowest BCUT2D eigenvalue weighted by Gasteiger charge is -2.31. The Morgan fingerprint density at radius 3 is 0.919 bits per heavy atom. The second-order valence-electron chi connectivity index (χ2n) is 39.0. The van der Waals surface area contributed by atoms with Crippen LogP contribution >= 0.6 is 11.3 Å². The first kappa shape index (κ1) is 108. The fourth-order valence-electron chi connectivity index (χ4n) is 19.4. The minimum absolute atomic E-state index is 0.0833. The van der Waals surface area contributed by atoms with Gasteiger partial charge in [0, 0.05) is 59.1 Å². The van der Waals surface area contributed by atoms with Crippen molar-refractivity contribution in [3.8, 4) is 50.6 Å². The Labute approximate surface area is 878 Å². The number of benzene rings is 16. The van der Waals surface area contributed by atoms with E-state index < -0.39 is 29.5 Å². The highest BCUT2D eigenvalue weighted by molar-refractivity contribution is 7.92. The average molecular weight is 2020 g/mol. The van der Waals surface area contributed by atoms with Crippen LogP contribution in [0.5, 0.6) is 0 Å². The van der Waals surface area contributed by atoms with Crippen LogP contribution in [-0.4, -0.2) is 46.0 Å². The van der Waals surface area contributed by atoms with Crippen LogP contribution in [0.3, 0.4) is 0 Å². The number of aryl methyl sites for hydroxylation is 16. The third kappa shape index (κ3) is 22.0. The van der Waals surface area contributed by atoms with Crippen LogP contribution in [0.2, 0.25) is 0 Å². The summed E-state index contributed by atoms with van der Waals surface area (Å²) in [5.74, 6) is 2.46. The minimum atomic E-state index is -3.37. The fourth-order valence-corrected chi connectivity index (χ4v) is 25.3.